The number of ether oxygens (including phenoxy) is 1. The number of hydrogen-bond donors (Lipinski definition) is 1. The number of halogens is 2. The summed E-state index contributed by atoms with van der Waals surface area (Å²) in [6.45, 7) is 2.69. The van der Waals surface area contributed by atoms with E-state index >= 15 is 0 Å². The van der Waals surface area contributed by atoms with Gasteiger partial charge in [-0.25, -0.2) is 13.8 Å². The van der Waals surface area contributed by atoms with Crippen LogP contribution in [-0.2, 0) is 6.54 Å². The van der Waals surface area contributed by atoms with Crippen molar-refractivity contribution < 1.29 is 13.5 Å². The fourth-order valence-corrected chi connectivity index (χ4v) is 2.01. The van der Waals surface area contributed by atoms with Gasteiger partial charge in [-0.1, -0.05) is 6.07 Å². The molecule has 1 aliphatic carbocycles. The van der Waals surface area contributed by atoms with Gasteiger partial charge in [-0.3, -0.25) is 0 Å². The second-order valence-corrected chi connectivity index (χ2v) is 5.23. The summed E-state index contributed by atoms with van der Waals surface area (Å²) in [5.41, 5.74) is 1.97. The topological polar surface area (TPSA) is 34.1 Å². The molecule has 0 saturated heterocycles. The van der Waals surface area contributed by atoms with Crippen LogP contribution in [0, 0.1) is 18.6 Å². The first-order chi connectivity index (χ1) is 10.1. The van der Waals surface area contributed by atoms with Crippen LogP contribution in [0.25, 0.3) is 0 Å². The first-order valence-corrected chi connectivity index (χ1v) is 6.94. The van der Waals surface area contributed by atoms with E-state index in [2.05, 4.69) is 10.3 Å². The number of aryl methyl sites for hydroxylation is 1. The molecule has 110 valence electrons. The van der Waals surface area contributed by atoms with E-state index in [0.717, 1.165) is 29.9 Å². The summed E-state index contributed by atoms with van der Waals surface area (Å²) in [4.78, 5) is 4.34. The molecule has 21 heavy (non-hydrogen) atoms. The SMILES string of the molecule is Cc1nc(Oc2ccc(F)c(F)c2)ccc1CNC1CC1. The molecule has 1 fully saturated rings. The van der Waals surface area contributed by atoms with E-state index in [1.807, 2.05) is 13.0 Å². The third kappa shape index (κ3) is 3.55. The summed E-state index contributed by atoms with van der Waals surface area (Å²) in [5, 5.41) is 3.42. The van der Waals surface area contributed by atoms with E-state index < -0.39 is 11.6 Å². The maximum Gasteiger partial charge on any atom is 0.219 e. The van der Waals surface area contributed by atoms with Crippen LogP contribution in [0.4, 0.5) is 8.78 Å². The van der Waals surface area contributed by atoms with Crippen molar-refractivity contribution in [3.8, 4) is 11.6 Å². The van der Waals surface area contributed by atoms with Gasteiger partial charge in [0.1, 0.15) is 5.75 Å². The Bertz CT molecular complexity index is 657. The van der Waals surface area contributed by atoms with Gasteiger partial charge in [0.15, 0.2) is 11.6 Å². The number of benzene rings is 1. The molecule has 1 aromatic carbocycles. The van der Waals surface area contributed by atoms with Gasteiger partial charge in [0.25, 0.3) is 0 Å². The van der Waals surface area contributed by atoms with Gasteiger partial charge in [-0.05, 0) is 37.5 Å². The van der Waals surface area contributed by atoms with Crippen LogP contribution in [0.1, 0.15) is 24.1 Å². The van der Waals surface area contributed by atoms with E-state index in [4.69, 9.17) is 4.74 Å². The summed E-state index contributed by atoms with van der Waals surface area (Å²) in [7, 11) is 0. The Kier molecular flexibility index (Phi) is 3.84. The van der Waals surface area contributed by atoms with Crippen molar-refractivity contribution in [2.45, 2.75) is 32.4 Å². The number of nitrogens with zero attached hydrogens (tertiary/aromatic N) is 1. The number of aromatic nitrogens is 1. The van der Waals surface area contributed by atoms with E-state index in [9.17, 15) is 8.78 Å². The van der Waals surface area contributed by atoms with Gasteiger partial charge in [0, 0.05) is 30.4 Å². The average molecular weight is 290 g/mol. The molecule has 0 spiro atoms. The smallest absolute Gasteiger partial charge is 0.219 e. The van der Waals surface area contributed by atoms with Crippen molar-refractivity contribution in [3.05, 3.63) is 53.2 Å². The Morgan fingerprint density at radius 2 is 2.00 bits per heavy atom. The van der Waals surface area contributed by atoms with Crippen LogP contribution in [0.5, 0.6) is 11.6 Å². The lowest BCUT2D eigenvalue weighted by Gasteiger charge is -2.09. The predicted octanol–water partition coefficient (Wildman–Crippen LogP) is 3.71. The molecule has 0 unspecified atom stereocenters. The molecule has 1 aliphatic rings. The first kappa shape index (κ1) is 13.9. The summed E-state index contributed by atoms with van der Waals surface area (Å²) >= 11 is 0. The van der Waals surface area contributed by atoms with Gasteiger partial charge in [-0.15, -0.1) is 0 Å². The second-order valence-electron chi connectivity index (χ2n) is 5.23. The van der Waals surface area contributed by atoms with Gasteiger partial charge in [0.2, 0.25) is 5.88 Å². The summed E-state index contributed by atoms with van der Waals surface area (Å²) in [5.74, 6) is -1.24. The fourth-order valence-electron chi connectivity index (χ4n) is 2.01. The standard InChI is InChI=1S/C16H16F2N2O/c1-10-11(9-19-12-3-4-12)2-7-16(20-10)21-13-5-6-14(17)15(18)8-13/h2,5-8,12,19H,3-4,9H2,1H3. The van der Waals surface area contributed by atoms with E-state index in [1.54, 1.807) is 6.07 Å². The minimum Gasteiger partial charge on any atom is -0.439 e. The van der Waals surface area contributed by atoms with Gasteiger partial charge < -0.3 is 10.1 Å². The molecule has 0 bridgehead atoms. The van der Waals surface area contributed by atoms with Crippen LogP contribution in [0.15, 0.2) is 30.3 Å². The van der Waals surface area contributed by atoms with E-state index in [1.165, 1.54) is 18.9 Å². The molecule has 0 amide bonds. The van der Waals surface area contributed by atoms with E-state index in [0.29, 0.717) is 11.9 Å². The highest BCUT2D eigenvalue weighted by Crippen LogP contribution is 2.23. The largest absolute Gasteiger partial charge is 0.439 e. The molecule has 0 aliphatic heterocycles. The first-order valence-electron chi connectivity index (χ1n) is 6.94. The minimum atomic E-state index is -0.936. The maximum absolute atomic E-state index is 13.1. The zero-order chi connectivity index (χ0) is 14.8. The zero-order valence-corrected chi connectivity index (χ0v) is 11.7. The van der Waals surface area contributed by atoms with Gasteiger partial charge in [0.05, 0.1) is 0 Å². The Morgan fingerprint density at radius 3 is 2.67 bits per heavy atom. The fraction of sp³-hybridized carbons (Fsp3) is 0.312. The highest BCUT2D eigenvalue weighted by Gasteiger charge is 2.20. The van der Waals surface area contributed by atoms with Crippen molar-refractivity contribution in [1.29, 1.82) is 0 Å². The number of rotatable bonds is 5. The Morgan fingerprint density at radius 1 is 1.19 bits per heavy atom. The van der Waals surface area contributed by atoms with Crippen molar-refractivity contribution in [2.75, 3.05) is 0 Å². The van der Waals surface area contributed by atoms with Crippen molar-refractivity contribution >= 4 is 0 Å². The second kappa shape index (κ2) is 5.77. The lowest BCUT2D eigenvalue weighted by Crippen LogP contribution is -2.16. The normalized spacial score (nSPS) is 14.2. The third-order valence-electron chi connectivity index (χ3n) is 3.44. The average Bonchev–Trinajstić information content (AvgIpc) is 3.26. The molecule has 3 nitrogen and oxygen atoms in total. The lowest BCUT2D eigenvalue weighted by atomic mass is 10.2. The van der Waals surface area contributed by atoms with Crippen LogP contribution < -0.4 is 10.1 Å². The highest BCUT2D eigenvalue weighted by atomic mass is 19.2. The Balaban J connectivity index is 1.70. The highest BCUT2D eigenvalue weighted by molar-refractivity contribution is 5.31. The van der Waals surface area contributed by atoms with Gasteiger partial charge in [-0.2, -0.15) is 0 Å². The monoisotopic (exact) mass is 290 g/mol. The number of hydrogen-bond acceptors (Lipinski definition) is 3. The quantitative estimate of drug-likeness (QED) is 0.911. The molecule has 3 rings (SSSR count). The molecule has 5 heteroatoms. The molecule has 0 atom stereocenters. The number of pyridine rings is 1. The zero-order valence-electron chi connectivity index (χ0n) is 11.7. The molecule has 1 N–H and O–H groups in total. The van der Waals surface area contributed by atoms with Crippen LogP contribution in [-0.4, -0.2) is 11.0 Å². The van der Waals surface area contributed by atoms with Crippen LogP contribution in [0.3, 0.4) is 0 Å². The third-order valence-corrected chi connectivity index (χ3v) is 3.44. The van der Waals surface area contributed by atoms with Crippen molar-refractivity contribution in [1.82, 2.24) is 10.3 Å². The lowest BCUT2D eigenvalue weighted by molar-refractivity contribution is 0.446. The summed E-state index contributed by atoms with van der Waals surface area (Å²) in [6.07, 6.45) is 2.48. The molecule has 2 aromatic rings. The molecule has 1 heterocycles. The molecule has 1 saturated carbocycles. The molecule has 1 aromatic heterocycles. The number of nitrogens with one attached hydrogen (secondary N) is 1. The van der Waals surface area contributed by atoms with Crippen molar-refractivity contribution in [2.24, 2.45) is 0 Å². The minimum absolute atomic E-state index is 0.227. The van der Waals surface area contributed by atoms with Crippen LogP contribution >= 0.6 is 0 Å². The molecular weight excluding hydrogens is 274 g/mol. The van der Waals surface area contributed by atoms with Crippen LogP contribution in [0.2, 0.25) is 0 Å². The van der Waals surface area contributed by atoms with Crippen molar-refractivity contribution in [3.63, 3.8) is 0 Å². The Hall–Kier alpha value is -2.01. The molecular formula is C16H16F2N2O. The van der Waals surface area contributed by atoms with Gasteiger partial charge >= 0.3 is 0 Å². The maximum atomic E-state index is 13.1. The summed E-state index contributed by atoms with van der Waals surface area (Å²) < 4.78 is 31.4. The predicted molar refractivity (Wildman–Crippen MR) is 75.3 cm³/mol. The Labute approximate surface area is 122 Å². The molecule has 0 radical (unpaired) electrons. The summed E-state index contributed by atoms with van der Waals surface area (Å²) in [6, 6.07) is 7.73. The van der Waals surface area contributed by atoms with E-state index in [-0.39, 0.29) is 5.75 Å².